The number of rotatable bonds is 3. The maximum absolute atomic E-state index is 13.3. The molecule has 0 aliphatic carbocycles. The molecule has 1 aromatic heterocycles. The van der Waals surface area contributed by atoms with Crippen molar-refractivity contribution in [3.8, 4) is 0 Å². The minimum atomic E-state index is -0.532. The van der Waals surface area contributed by atoms with Gasteiger partial charge in [-0.25, -0.2) is 0 Å². The van der Waals surface area contributed by atoms with E-state index in [1.807, 2.05) is 42.5 Å². The number of carbonyl (C=O) groups is 1. The first-order chi connectivity index (χ1) is 14.1. The fourth-order valence-electron chi connectivity index (χ4n) is 3.90. The number of hydrogen-bond acceptors (Lipinski definition) is 3. The summed E-state index contributed by atoms with van der Waals surface area (Å²) in [7, 11) is 0. The van der Waals surface area contributed by atoms with Gasteiger partial charge in [0.15, 0.2) is 5.43 Å². The Morgan fingerprint density at radius 2 is 1.55 bits per heavy atom. The van der Waals surface area contributed by atoms with Gasteiger partial charge in [0.1, 0.15) is 5.58 Å². The van der Waals surface area contributed by atoms with E-state index in [1.54, 1.807) is 41.3 Å². The molecule has 0 saturated heterocycles. The summed E-state index contributed by atoms with van der Waals surface area (Å²) in [5.41, 5.74) is 2.42. The summed E-state index contributed by atoms with van der Waals surface area (Å²) in [4.78, 5) is 28.4. The van der Waals surface area contributed by atoms with Gasteiger partial charge in [-0.15, -0.1) is 0 Å². The molecule has 0 radical (unpaired) electrons. The van der Waals surface area contributed by atoms with Crippen LogP contribution in [-0.2, 0) is 6.54 Å². The van der Waals surface area contributed by atoms with Crippen molar-refractivity contribution in [2.24, 2.45) is 0 Å². The molecule has 0 spiro atoms. The highest BCUT2D eigenvalue weighted by molar-refractivity contribution is 6.30. The third kappa shape index (κ3) is 2.93. The van der Waals surface area contributed by atoms with E-state index < -0.39 is 6.04 Å². The molecule has 0 unspecified atom stereocenters. The number of carbonyl (C=O) groups excluding carboxylic acids is 1. The van der Waals surface area contributed by atoms with Crippen molar-refractivity contribution >= 4 is 28.5 Å². The summed E-state index contributed by atoms with van der Waals surface area (Å²) in [5, 5.41) is 1.07. The van der Waals surface area contributed by atoms with Gasteiger partial charge < -0.3 is 9.32 Å². The van der Waals surface area contributed by atoms with E-state index in [0.717, 1.165) is 11.1 Å². The van der Waals surface area contributed by atoms with Crippen molar-refractivity contribution in [3.63, 3.8) is 0 Å². The molecule has 5 rings (SSSR count). The lowest BCUT2D eigenvalue weighted by atomic mass is 9.98. The summed E-state index contributed by atoms with van der Waals surface area (Å²) in [6.45, 7) is 0.368. The van der Waals surface area contributed by atoms with Crippen molar-refractivity contribution in [3.05, 3.63) is 117 Å². The second-order valence-corrected chi connectivity index (χ2v) is 7.48. The average Bonchev–Trinajstić information content (AvgIpc) is 3.02. The molecule has 0 saturated carbocycles. The van der Waals surface area contributed by atoms with Crippen molar-refractivity contribution in [1.82, 2.24) is 4.90 Å². The Hall–Kier alpha value is -3.37. The third-order valence-corrected chi connectivity index (χ3v) is 5.51. The Labute approximate surface area is 172 Å². The van der Waals surface area contributed by atoms with Crippen LogP contribution in [0.3, 0.4) is 0 Å². The van der Waals surface area contributed by atoms with Crippen molar-refractivity contribution < 1.29 is 9.21 Å². The SMILES string of the molecule is O=C1c2oc3ccccc3c(=O)c2[C@@H](c2ccc(Cl)cc2)N1Cc1ccccc1. The predicted molar refractivity (Wildman–Crippen MR) is 112 cm³/mol. The molecule has 5 heteroatoms. The van der Waals surface area contributed by atoms with E-state index in [2.05, 4.69) is 0 Å². The molecule has 0 fully saturated rings. The molecular weight excluding hydrogens is 386 g/mol. The third-order valence-electron chi connectivity index (χ3n) is 5.25. The number of amides is 1. The summed E-state index contributed by atoms with van der Waals surface area (Å²) < 4.78 is 5.92. The highest BCUT2D eigenvalue weighted by atomic mass is 35.5. The molecule has 1 atom stereocenters. The Morgan fingerprint density at radius 1 is 0.862 bits per heavy atom. The maximum Gasteiger partial charge on any atom is 0.291 e. The quantitative estimate of drug-likeness (QED) is 0.474. The lowest BCUT2D eigenvalue weighted by Crippen LogP contribution is -2.29. The molecule has 3 aromatic carbocycles. The van der Waals surface area contributed by atoms with Gasteiger partial charge in [-0.05, 0) is 35.4 Å². The predicted octanol–water partition coefficient (Wildman–Crippen LogP) is 5.19. The Balaban J connectivity index is 1.73. The molecule has 4 nitrogen and oxygen atoms in total. The van der Waals surface area contributed by atoms with Gasteiger partial charge in [0.2, 0.25) is 5.76 Å². The molecule has 29 heavy (non-hydrogen) atoms. The first kappa shape index (κ1) is 17.7. The number of para-hydroxylation sites is 1. The van der Waals surface area contributed by atoms with Crippen LogP contribution in [0.5, 0.6) is 0 Å². The molecule has 2 heterocycles. The van der Waals surface area contributed by atoms with Gasteiger partial charge >= 0.3 is 0 Å². The van der Waals surface area contributed by atoms with E-state index in [1.165, 1.54) is 0 Å². The summed E-state index contributed by atoms with van der Waals surface area (Å²) in [6, 6.07) is 23.4. The van der Waals surface area contributed by atoms with Crippen molar-refractivity contribution in [1.29, 1.82) is 0 Å². The Bertz CT molecular complexity index is 1280. The van der Waals surface area contributed by atoms with Crippen LogP contribution in [0.15, 0.2) is 88.1 Å². The van der Waals surface area contributed by atoms with Crippen LogP contribution in [0.4, 0.5) is 0 Å². The van der Waals surface area contributed by atoms with Crippen LogP contribution in [0.2, 0.25) is 5.02 Å². The van der Waals surface area contributed by atoms with Crippen molar-refractivity contribution in [2.45, 2.75) is 12.6 Å². The zero-order chi connectivity index (χ0) is 20.0. The summed E-state index contributed by atoms with van der Waals surface area (Å²) >= 11 is 6.06. The van der Waals surface area contributed by atoms with Crippen LogP contribution in [-0.4, -0.2) is 10.8 Å². The lowest BCUT2D eigenvalue weighted by Gasteiger charge is -2.25. The van der Waals surface area contributed by atoms with Crippen LogP contribution in [0, 0.1) is 0 Å². The van der Waals surface area contributed by atoms with Gasteiger partial charge in [0.05, 0.1) is 17.0 Å². The van der Waals surface area contributed by atoms with Gasteiger partial charge in [-0.1, -0.05) is 66.2 Å². The molecule has 0 bridgehead atoms. The normalized spacial score (nSPS) is 15.7. The highest BCUT2D eigenvalue weighted by Crippen LogP contribution is 2.39. The molecule has 0 N–H and O–H groups in total. The number of halogens is 1. The Morgan fingerprint density at radius 3 is 2.31 bits per heavy atom. The zero-order valence-corrected chi connectivity index (χ0v) is 16.1. The monoisotopic (exact) mass is 401 g/mol. The number of nitrogens with zero attached hydrogens (tertiary/aromatic N) is 1. The van der Waals surface area contributed by atoms with Crippen LogP contribution >= 0.6 is 11.6 Å². The Kier molecular flexibility index (Phi) is 4.22. The van der Waals surface area contributed by atoms with Gasteiger partial charge in [-0.3, -0.25) is 9.59 Å². The van der Waals surface area contributed by atoms with Crippen LogP contribution < -0.4 is 5.43 Å². The summed E-state index contributed by atoms with van der Waals surface area (Å²) in [6.07, 6.45) is 0. The largest absolute Gasteiger partial charge is 0.450 e. The van der Waals surface area contributed by atoms with E-state index in [0.29, 0.717) is 28.1 Å². The standard InChI is InChI=1S/C24H16ClNO3/c25-17-12-10-16(11-13-17)21-20-22(27)18-8-4-5-9-19(18)29-23(20)24(28)26(21)14-15-6-2-1-3-7-15/h1-13,21H,14H2/t21-/m1/s1. The number of fused-ring (bicyclic) bond motifs is 2. The fourth-order valence-corrected chi connectivity index (χ4v) is 4.03. The molecule has 1 amide bonds. The lowest BCUT2D eigenvalue weighted by molar-refractivity contribution is 0.0714. The van der Waals surface area contributed by atoms with E-state index in [9.17, 15) is 9.59 Å². The second-order valence-electron chi connectivity index (χ2n) is 7.04. The minimum Gasteiger partial charge on any atom is -0.450 e. The first-order valence-corrected chi connectivity index (χ1v) is 9.67. The molecule has 4 aromatic rings. The van der Waals surface area contributed by atoms with E-state index >= 15 is 0 Å². The topological polar surface area (TPSA) is 50.5 Å². The van der Waals surface area contributed by atoms with E-state index in [-0.39, 0.29) is 17.1 Å². The second kappa shape index (κ2) is 6.90. The van der Waals surface area contributed by atoms with Gasteiger partial charge in [-0.2, -0.15) is 0 Å². The van der Waals surface area contributed by atoms with Crippen LogP contribution in [0.1, 0.15) is 33.3 Å². The molecule has 142 valence electrons. The van der Waals surface area contributed by atoms with E-state index in [4.69, 9.17) is 16.0 Å². The summed E-state index contributed by atoms with van der Waals surface area (Å²) in [5.74, 6) is -0.170. The fraction of sp³-hybridized carbons (Fsp3) is 0.0833. The van der Waals surface area contributed by atoms with Gasteiger partial charge in [0.25, 0.3) is 5.91 Å². The van der Waals surface area contributed by atoms with Gasteiger partial charge in [0, 0.05) is 11.6 Å². The molecule has 1 aliphatic heterocycles. The van der Waals surface area contributed by atoms with Crippen LogP contribution in [0.25, 0.3) is 11.0 Å². The molecule has 1 aliphatic rings. The maximum atomic E-state index is 13.3. The highest BCUT2D eigenvalue weighted by Gasteiger charge is 2.42. The zero-order valence-electron chi connectivity index (χ0n) is 15.3. The number of benzene rings is 3. The average molecular weight is 402 g/mol. The minimum absolute atomic E-state index is 0.115. The first-order valence-electron chi connectivity index (χ1n) is 9.29. The smallest absolute Gasteiger partial charge is 0.291 e. The van der Waals surface area contributed by atoms with Crippen molar-refractivity contribution in [2.75, 3.05) is 0 Å². The molecular formula is C24H16ClNO3. The number of hydrogen-bond donors (Lipinski definition) is 0.